The molecule has 0 aliphatic carbocycles. The molecule has 8 heteroatoms. The van der Waals surface area contributed by atoms with E-state index in [1.807, 2.05) is 48.5 Å². The van der Waals surface area contributed by atoms with E-state index in [-0.39, 0.29) is 12.5 Å². The van der Waals surface area contributed by atoms with E-state index < -0.39 is 5.91 Å². The number of nitrogens with one attached hydrogen (secondary N) is 2. The Morgan fingerprint density at radius 2 is 1.71 bits per heavy atom. The van der Waals surface area contributed by atoms with Crippen molar-refractivity contribution in [1.82, 2.24) is 10.7 Å². The minimum Gasteiger partial charge on any atom is -0.488 e. The molecule has 0 saturated heterocycles. The predicted octanol–water partition coefficient (Wildman–Crippen LogP) is 4.56. The highest BCUT2D eigenvalue weighted by Gasteiger charge is 2.07. The summed E-state index contributed by atoms with van der Waals surface area (Å²) in [6.45, 7) is 0.196. The molecule has 0 aliphatic heterocycles. The quantitative estimate of drug-likeness (QED) is 0.351. The zero-order valence-corrected chi connectivity index (χ0v) is 18.7. The molecule has 0 aliphatic rings. The van der Waals surface area contributed by atoms with Crippen LogP contribution < -0.4 is 15.5 Å². The third-order valence-electron chi connectivity index (χ3n) is 4.14. The molecular formula is C23H19BrClN3O3. The Hall–Kier alpha value is -3.16. The largest absolute Gasteiger partial charge is 0.488 e. The standard InChI is InChI=1S/C23H19BrClN3O3/c24-19-9-5-16(6-10-19)15-31-21-4-2-1-3-18(21)13-27-28-22(29)14-26-23(30)17-7-11-20(25)12-8-17/h1-13H,14-15H2,(H,26,30)(H,28,29)/b27-13-. The van der Waals surface area contributed by atoms with Gasteiger partial charge in [0.2, 0.25) is 0 Å². The van der Waals surface area contributed by atoms with Gasteiger partial charge in [-0.3, -0.25) is 9.59 Å². The summed E-state index contributed by atoms with van der Waals surface area (Å²) in [5.41, 5.74) is 4.54. The van der Waals surface area contributed by atoms with Gasteiger partial charge >= 0.3 is 0 Å². The van der Waals surface area contributed by atoms with Gasteiger partial charge in [-0.2, -0.15) is 5.10 Å². The van der Waals surface area contributed by atoms with E-state index in [1.54, 1.807) is 24.3 Å². The highest BCUT2D eigenvalue weighted by molar-refractivity contribution is 9.10. The highest BCUT2D eigenvalue weighted by atomic mass is 79.9. The van der Waals surface area contributed by atoms with E-state index >= 15 is 0 Å². The van der Waals surface area contributed by atoms with Crippen LogP contribution in [-0.2, 0) is 11.4 Å². The fourth-order valence-corrected chi connectivity index (χ4v) is 2.93. The van der Waals surface area contributed by atoms with Crippen LogP contribution in [-0.4, -0.2) is 24.6 Å². The van der Waals surface area contributed by atoms with Gasteiger partial charge in [0, 0.05) is 20.6 Å². The first-order valence-electron chi connectivity index (χ1n) is 9.33. The van der Waals surface area contributed by atoms with Crippen LogP contribution in [0, 0.1) is 0 Å². The molecule has 3 aromatic rings. The predicted molar refractivity (Wildman–Crippen MR) is 124 cm³/mol. The van der Waals surface area contributed by atoms with Crippen molar-refractivity contribution in [3.05, 3.63) is 99.0 Å². The van der Waals surface area contributed by atoms with E-state index in [1.165, 1.54) is 6.21 Å². The highest BCUT2D eigenvalue weighted by Crippen LogP contribution is 2.18. The first-order valence-corrected chi connectivity index (χ1v) is 10.5. The Labute approximate surface area is 193 Å². The Kier molecular flexibility index (Phi) is 8.20. The Balaban J connectivity index is 1.49. The van der Waals surface area contributed by atoms with E-state index in [9.17, 15) is 9.59 Å². The van der Waals surface area contributed by atoms with Crippen molar-refractivity contribution in [1.29, 1.82) is 0 Å². The lowest BCUT2D eigenvalue weighted by atomic mass is 10.2. The lowest BCUT2D eigenvalue weighted by Crippen LogP contribution is -2.34. The van der Waals surface area contributed by atoms with Gasteiger partial charge in [0.1, 0.15) is 12.4 Å². The number of carbonyl (C=O) groups is 2. The molecule has 0 atom stereocenters. The van der Waals surface area contributed by atoms with E-state index in [2.05, 4.69) is 31.8 Å². The van der Waals surface area contributed by atoms with Crippen LogP contribution in [0.2, 0.25) is 5.02 Å². The summed E-state index contributed by atoms with van der Waals surface area (Å²) in [5, 5.41) is 7.01. The van der Waals surface area contributed by atoms with Crippen LogP contribution in [0.3, 0.4) is 0 Å². The van der Waals surface area contributed by atoms with Crippen molar-refractivity contribution < 1.29 is 14.3 Å². The molecular weight excluding hydrogens is 482 g/mol. The molecule has 31 heavy (non-hydrogen) atoms. The third-order valence-corrected chi connectivity index (χ3v) is 4.92. The minimum atomic E-state index is -0.452. The summed E-state index contributed by atoms with van der Waals surface area (Å²) >= 11 is 9.20. The van der Waals surface area contributed by atoms with Gasteiger partial charge in [-0.25, -0.2) is 5.43 Å². The molecule has 158 valence electrons. The van der Waals surface area contributed by atoms with Gasteiger partial charge in [0.05, 0.1) is 12.8 Å². The van der Waals surface area contributed by atoms with E-state index in [4.69, 9.17) is 16.3 Å². The SMILES string of the molecule is O=C(CNC(=O)c1ccc(Cl)cc1)N/N=C\c1ccccc1OCc1ccc(Br)cc1. The summed E-state index contributed by atoms with van der Waals surface area (Å²) in [4.78, 5) is 24.0. The van der Waals surface area contributed by atoms with Crippen molar-refractivity contribution in [2.75, 3.05) is 6.54 Å². The molecule has 2 amide bonds. The van der Waals surface area contributed by atoms with Gasteiger partial charge in [0.15, 0.2) is 0 Å². The molecule has 3 aromatic carbocycles. The summed E-state index contributed by atoms with van der Waals surface area (Å²) in [6, 6.07) is 21.6. The van der Waals surface area contributed by atoms with Crippen LogP contribution in [0.15, 0.2) is 82.4 Å². The summed E-state index contributed by atoms with van der Waals surface area (Å²) in [6.07, 6.45) is 1.50. The average molecular weight is 501 g/mol. The third kappa shape index (κ3) is 7.24. The first kappa shape index (κ1) is 22.5. The summed E-state index contributed by atoms with van der Waals surface area (Å²) in [7, 11) is 0. The number of carbonyl (C=O) groups excluding carboxylic acids is 2. The second-order valence-electron chi connectivity index (χ2n) is 6.44. The second-order valence-corrected chi connectivity index (χ2v) is 7.79. The molecule has 2 N–H and O–H groups in total. The Bertz CT molecular complexity index is 1070. The number of para-hydroxylation sites is 1. The first-order chi connectivity index (χ1) is 15.0. The van der Waals surface area contributed by atoms with Crippen molar-refractivity contribution in [3.8, 4) is 5.75 Å². The molecule has 0 heterocycles. The Morgan fingerprint density at radius 1 is 1.00 bits per heavy atom. The number of halogens is 2. The minimum absolute atomic E-state index is 0.208. The monoisotopic (exact) mass is 499 g/mol. The number of amides is 2. The van der Waals surface area contributed by atoms with Gasteiger partial charge in [-0.15, -0.1) is 0 Å². The molecule has 0 aromatic heterocycles. The smallest absolute Gasteiger partial charge is 0.259 e. The number of hydrogen-bond acceptors (Lipinski definition) is 4. The molecule has 0 unspecified atom stereocenters. The molecule has 0 saturated carbocycles. The van der Waals surface area contributed by atoms with Crippen LogP contribution in [0.25, 0.3) is 0 Å². The lowest BCUT2D eigenvalue weighted by Gasteiger charge is -2.09. The molecule has 0 spiro atoms. The van der Waals surface area contributed by atoms with Crippen molar-refractivity contribution >= 4 is 45.6 Å². The maximum absolute atomic E-state index is 12.0. The molecule has 0 bridgehead atoms. The fraction of sp³-hybridized carbons (Fsp3) is 0.0870. The normalized spacial score (nSPS) is 10.6. The van der Waals surface area contributed by atoms with Gasteiger partial charge in [-0.1, -0.05) is 51.8 Å². The summed E-state index contributed by atoms with van der Waals surface area (Å²) < 4.78 is 6.87. The molecule has 0 fully saturated rings. The van der Waals surface area contributed by atoms with Gasteiger partial charge in [0.25, 0.3) is 11.8 Å². The number of benzene rings is 3. The van der Waals surface area contributed by atoms with Crippen molar-refractivity contribution in [2.24, 2.45) is 5.10 Å². The lowest BCUT2D eigenvalue weighted by molar-refractivity contribution is -0.120. The Morgan fingerprint density at radius 3 is 2.45 bits per heavy atom. The van der Waals surface area contributed by atoms with Crippen LogP contribution in [0.5, 0.6) is 5.75 Å². The zero-order valence-electron chi connectivity index (χ0n) is 16.3. The number of ether oxygens (including phenoxy) is 1. The van der Waals surface area contributed by atoms with E-state index in [0.29, 0.717) is 28.5 Å². The number of nitrogens with zero attached hydrogens (tertiary/aromatic N) is 1. The average Bonchev–Trinajstić information content (AvgIpc) is 2.78. The summed E-state index contributed by atoms with van der Waals surface area (Å²) in [5.74, 6) is -0.186. The number of hydrazone groups is 1. The van der Waals surface area contributed by atoms with Crippen LogP contribution in [0.1, 0.15) is 21.5 Å². The second kappa shape index (κ2) is 11.3. The fourth-order valence-electron chi connectivity index (χ4n) is 2.54. The van der Waals surface area contributed by atoms with E-state index in [0.717, 1.165) is 10.0 Å². The van der Waals surface area contributed by atoms with Gasteiger partial charge in [-0.05, 0) is 54.1 Å². The van der Waals surface area contributed by atoms with Gasteiger partial charge < -0.3 is 10.1 Å². The van der Waals surface area contributed by atoms with Crippen LogP contribution in [0.4, 0.5) is 0 Å². The molecule has 3 rings (SSSR count). The maximum atomic E-state index is 12.0. The van der Waals surface area contributed by atoms with Crippen LogP contribution >= 0.6 is 27.5 Å². The number of rotatable bonds is 8. The molecule has 0 radical (unpaired) electrons. The number of hydrogen-bond donors (Lipinski definition) is 2. The topological polar surface area (TPSA) is 79.8 Å². The zero-order chi connectivity index (χ0) is 22.1. The molecule has 6 nitrogen and oxygen atoms in total. The van der Waals surface area contributed by atoms with Crippen molar-refractivity contribution in [2.45, 2.75) is 6.61 Å². The maximum Gasteiger partial charge on any atom is 0.259 e. The van der Waals surface area contributed by atoms with Crippen molar-refractivity contribution in [3.63, 3.8) is 0 Å².